The molecule has 0 aromatic carbocycles. The van der Waals surface area contributed by atoms with E-state index in [9.17, 15) is 9.59 Å². The van der Waals surface area contributed by atoms with Crippen LogP contribution in [0.3, 0.4) is 0 Å². The smallest absolute Gasteiger partial charge is 0.246 e. The highest BCUT2D eigenvalue weighted by atomic mass is 16.2. The van der Waals surface area contributed by atoms with Crippen molar-refractivity contribution in [2.75, 3.05) is 27.2 Å². The number of carbonyl (C=O) groups is 2. The summed E-state index contributed by atoms with van der Waals surface area (Å²) in [6.45, 7) is 9.49. The molecule has 1 heterocycles. The number of nitrogens with one attached hydrogen (secondary N) is 1. The van der Waals surface area contributed by atoms with E-state index in [-0.39, 0.29) is 35.7 Å². The largest absolute Gasteiger partial charge is 0.342 e. The number of amides is 2. The first kappa shape index (κ1) is 17.0. The summed E-state index contributed by atoms with van der Waals surface area (Å²) in [6, 6.07) is -0.712. The van der Waals surface area contributed by atoms with E-state index in [0.29, 0.717) is 6.54 Å². The van der Waals surface area contributed by atoms with Gasteiger partial charge in [-0.1, -0.05) is 27.7 Å². The van der Waals surface area contributed by atoms with Crippen molar-refractivity contribution in [3.8, 4) is 0 Å². The molecule has 20 heavy (non-hydrogen) atoms. The van der Waals surface area contributed by atoms with Crippen LogP contribution in [-0.2, 0) is 9.59 Å². The molecule has 0 aromatic rings. The van der Waals surface area contributed by atoms with Gasteiger partial charge in [0.15, 0.2) is 0 Å². The van der Waals surface area contributed by atoms with E-state index in [2.05, 4.69) is 10.2 Å². The van der Waals surface area contributed by atoms with Crippen LogP contribution >= 0.6 is 0 Å². The predicted octanol–water partition coefficient (Wildman–Crippen LogP) is 0.946. The van der Waals surface area contributed by atoms with Gasteiger partial charge in [-0.25, -0.2) is 0 Å². The Bertz CT molecular complexity index is 353. The lowest BCUT2D eigenvalue weighted by molar-refractivity contribution is -0.152. The Morgan fingerprint density at radius 3 is 2.20 bits per heavy atom. The molecule has 1 aliphatic rings. The number of piperazine rings is 1. The number of rotatable bonds is 6. The van der Waals surface area contributed by atoms with Crippen LogP contribution in [0.5, 0.6) is 0 Å². The molecule has 1 saturated heterocycles. The number of carbonyl (C=O) groups excluding carboxylic acids is 2. The molecule has 2 unspecified atom stereocenters. The van der Waals surface area contributed by atoms with Crippen LogP contribution in [0.4, 0.5) is 0 Å². The Kier molecular flexibility index (Phi) is 5.99. The summed E-state index contributed by atoms with van der Waals surface area (Å²) in [5, 5.41) is 2.89. The number of nitrogens with zero attached hydrogens (tertiary/aromatic N) is 2. The summed E-state index contributed by atoms with van der Waals surface area (Å²) < 4.78 is 0. The van der Waals surface area contributed by atoms with Crippen molar-refractivity contribution < 1.29 is 9.59 Å². The maximum absolute atomic E-state index is 12.6. The highest BCUT2D eigenvalue weighted by Crippen LogP contribution is 2.20. The molecule has 0 radical (unpaired) electrons. The lowest BCUT2D eigenvalue weighted by Crippen LogP contribution is -2.66. The van der Waals surface area contributed by atoms with Gasteiger partial charge in [0.1, 0.15) is 12.1 Å². The molecule has 0 spiro atoms. The van der Waals surface area contributed by atoms with Crippen molar-refractivity contribution in [3.63, 3.8) is 0 Å². The zero-order valence-corrected chi connectivity index (χ0v) is 13.6. The van der Waals surface area contributed by atoms with Crippen LogP contribution in [-0.4, -0.2) is 60.9 Å². The molecule has 5 nitrogen and oxygen atoms in total. The third-order valence-corrected chi connectivity index (χ3v) is 3.75. The molecule has 116 valence electrons. The summed E-state index contributed by atoms with van der Waals surface area (Å²) in [5.74, 6) is 0.308. The Balaban J connectivity index is 2.84. The fourth-order valence-corrected chi connectivity index (χ4v) is 2.68. The van der Waals surface area contributed by atoms with Crippen molar-refractivity contribution in [1.29, 1.82) is 0 Å². The van der Waals surface area contributed by atoms with E-state index >= 15 is 0 Å². The van der Waals surface area contributed by atoms with Crippen LogP contribution in [0.1, 0.15) is 34.1 Å². The van der Waals surface area contributed by atoms with Crippen LogP contribution in [0.15, 0.2) is 0 Å². The van der Waals surface area contributed by atoms with Crippen molar-refractivity contribution in [2.45, 2.75) is 46.2 Å². The van der Waals surface area contributed by atoms with E-state index in [1.165, 1.54) is 0 Å². The van der Waals surface area contributed by atoms with Gasteiger partial charge in [0.25, 0.3) is 0 Å². The van der Waals surface area contributed by atoms with Crippen LogP contribution in [0, 0.1) is 11.8 Å². The van der Waals surface area contributed by atoms with E-state index in [0.717, 1.165) is 13.0 Å². The summed E-state index contributed by atoms with van der Waals surface area (Å²) >= 11 is 0. The second-order valence-corrected chi connectivity index (χ2v) is 6.61. The molecule has 1 N–H and O–H groups in total. The standard InChI is InChI=1S/C15H29N3O2/c1-10(2)12-15(20)18(9-7-8-17(5)6)13(11(3)4)14(19)16-12/h10-13H,7-9H2,1-6H3,(H,16,19). The van der Waals surface area contributed by atoms with Gasteiger partial charge in [0.2, 0.25) is 11.8 Å². The SMILES string of the molecule is CC(C)C1NC(=O)C(C(C)C)N(CCCN(C)C)C1=O. The quantitative estimate of drug-likeness (QED) is 0.789. The first-order valence-electron chi connectivity index (χ1n) is 7.51. The monoisotopic (exact) mass is 283 g/mol. The molecule has 0 aliphatic carbocycles. The molecule has 2 amide bonds. The minimum absolute atomic E-state index is 0.0110. The lowest BCUT2D eigenvalue weighted by Gasteiger charge is -2.42. The summed E-state index contributed by atoms with van der Waals surface area (Å²) in [6.07, 6.45) is 0.889. The van der Waals surface area contributed by atoms with Crippen molar-refractivity contribution in [3.05, 3.63) is 0 Å². The topological polar surface area (TPSA) is 52.7 Å². The van der Waals surface area contributed by atoms with Crippen molar-refractivity contribution in [2.24, 2.45) is 11.8 Å². The zero-order valence-electron chi connectivity index (χ0n) is 13.6. The molecule has 1 rings (SSSR count). The first-order valence-corrected chi connectivity index (χ1v) is 7.51. The normalized spacial score (nSPS) is 23.9. The van der Waals surface area contributed by atoms with E-state index in [1.807, 2.05) is 41.8 Å². The highest BCUT2D eigenvalue weighted by Gasteiger charge is 2.42. The fourth-order valence-electron chi connectivity index (χ4n) is 2.68. The van der Waals surface area contributed by atoms with Gasteiger partial charge in [0, 0.05) is 6.54 Å². The summed E-state index contributed by atoms with van der Waals surface area (Å²) in [7, 11) is 4.03. The van der Waals surface area contributed by atoms with Gasteiger partial charge in [-0.2, -0.15) is 0 Å². The Labute approximate surface area is 122 Å². The molecule has 0 bridgehead atoms. The van der Waals surface area contributed by atoms with Crippen molar-refractivity contribution in [1.82, 2.24) is 15.1 Å². The fraction of sp³-hybridized carbons (Fsp3) is 0.867. The molecule has 0 saturated carbocycles. The number of hydrogen-bond acceptors (Lipinski definition) is 3. The molecule has 1 fully saturated rings. The molecular weight excluding hydrogens is 254 g/mol. The van der Waals surface area contributed by atoms with Gasteiger partial charge in [-0.05, 0) is 38.9 Å². The van der Waals surface area contributed by atoms with Crippen LogP contribution in [0.2, 0.25) is 0 Å². The highest BCUT2D eigenvalue weighted by molar-refractivity contribution is 5.97. The Morgan fingerprint density at radius 2 is 1.75 bits per heavy atom. The minimum Gasteiger partial charge on any atom is -0.342 e. The summed E-state index contributed by atoms with van der Waals surface area (Å²) in [5.41, 5.74) is 0. The van der Waals surface area contributed by atoms with E-state index in [1.54, 1.807) is 4.90 Å². The predicted molar refractivity (Wildman–Crippen MR) is 80.3 cm³/mol. The van der Waals surface area contributed by atoms with Gasteiger partial charge in [0.05, 0.1) is 0 Å². The maximum atomic E-state index is 12.6. The zero-order chi connectivity index (χ0) is 15.4. The average molecular weight is 283 g/mol. The molecule has 2 atom stereocenters. The van der Waals surface area contributed by atoms with Crippen LogP contribution in [0.25, 0.3) is 0 Å². The molecular formula is C15H29N3O2. The Hall–Kier alpha value is -1.10. The van der Waals surface area contributed by atoms with E-state index < -0.39 is 0 Å². The molecule has 1 aliphatic heterocycles. The average Bonchev–Trinajstić information content (AvgIpc) is 2.31. The van der Waals surface area contributed by atoms with Gasteiger partial charge < -0.3 is 15.1 Å². The van der Waals surface area contributed by atoms with Gasteiger partial charge in [-0.15, -0.1) is 0 Å². The Morgan fingerprint density at radius 1 is 1.15 bits per heavy atom. The summed E-state index contributed by atoms with van der Waals surface area (Å²) in [4.78, 5) is 28.8. The maximum Gasteiger partial charge on any atom is 0.246 e. The second-order valence-electron chi connectivity index (χ2n) is 6.61. The van der Waals surface area contributed by atoms with Gasteiger partial charge in [-0.3, -0.25) is 9.59 Å². The van der Waals surface area contributed by atoms with Crippen molar-refractivity contribution >= 4 is 11.8 Å². The third kappa shape index (κ3) is 3.95. The lowest BCUT2D eigenvalue weighted by atomic mass is 9.92. The molecule has 0 aromatic heterocycles. The van der Waals surface area contributed by atoms with Crippen LogP contribution < -0.4 is 5.32 Å². The minimum atomic E-state index is -0.378. The third-order valence-electron chi connectivity index (χ3n) is 3.75. The number of hydrogen-bond donors (Lipinski definition) is 1. The second kappa shape index (κ2) is 7.07. The molecule has 5 heteroatoms. The van der Waals surface area contributed by atoms with E-state index in [4.69, 9.17) is 0 Å². The first-order chi connectivity index (χ1) is 9.25. The van der Waals surface area contributed by atoms with Gasteiger partial charge >= 0.3 is 0 Å².